The number of likely N-dealkylation sites (N-methyl/N-ethyl adjacent to an activating group) is 1. The van der Waals surface area contributed by atoms with E-state index in [2.05, 4.69) is 6.07 Å². The van der Waals surface area contributed by atoms with Gasteiger partial charge in [0.1, 0.15) is 0 Å². The van der Waals surface area contributed by atoms with Gasteiger partial charge in [0.2, 0.25) is 0 Å². The summed E-state index contributed by atoms with van der Waals surface area (Å²) in [6, 6.07) is 8.91. The van der Waals surface area contributed by atoms with Crippen molar-refractivity contribution in [2.45, 2.75) is 6.92 Å². The van der Waals surface area contributed by atoms with Gasteiger partial charge >= 0.3 is 0 Å². The molecular formula is C14H15N3O2. The van der Waals surface area contributed by atoms with Crippen molar-refractivity contribution in [1.82, 2.24) is 9.80 Å². The number of hydrogen-bond acceptors (Lipinski definition) is 4. The van der Waals surface area contributed by atoms with Crippen LogP contribution in [0.4, 0.5) is 0 Å². The highest BCUT2D eigenvalue weighted by molar-refractivity contribution is 6.21. The Morgan fingerprint density at radius 3 is 2.26 bits per heavy atom. The van der Waals surface area contributed by atoms with E-state index in [-0.39, 0.29) is 11.8 Å². The molecule has 0 N–H and O–H groups in total. The summed E-state index contributed by atoms with van der Waals surface area (Å²) < 4.78 is 0. The molecule has 5 heteroatoms. The number of nitrogens with zero attached hydrogens (tertiary/aromatic N) is 3. The number of amides is 2. The molecule has 1 heterocycles. The van der Waals surface area contributed by atoms with Gasteiger partial charge < -0.3 is 0 Å². The summed E-state index contributed by atoms with van der Waals surface area (Å²) in [7, 11) is 0. The van der Waals surface area contributed by atoms with E-state index in [4.69, 9.17) is 5.26 Å². The Morgan fingerprint density at radius 2 is 1.79 bits per heavy atom. The monoisotopic (exact) mass is 257 g/mol. The maximum Gasteiger partial charge on any atom is 0.261 e. The summed E-state index contributed by atoms with van der Waals surface area (Å²) in [6.07, 6.45) is 0. The Hall–Kier alpha value is -2.19. The van der Waals surface area contributed by atoms with Gasteiger partial charge in [0.25, 0.3) is 11.8 Å². The van der Waals surface area contributed by atoms with Crippen molar-refractivity contribution in [3.05, 3.63) is 35.4 Å². The summed E-state index contributed by atoms with van der Waals surface area (Å²) in [4.78, 5) is 27.3. The number of carbonyl (C=O) groups excluding carboxylic acids is 2. The van der Waals surface area contributed by atoms with Crippen LogP contribution in [0, 0.1) is 11.3 Å². The minimum absolute atomic E-state index is 0.242. The van der Waals surface area contributed by atoms with Gasteiger partial charge in [0, 0.05) is 13.1 Å². The first-order valence-electron chi connectivity index (χ1n) is 6.23. The first-order chi connectivity index (χ1) is 9.19. The summed E-state index contributed by atoms with van der Waals surface area (Å²) >= 11 is 0. The van der Waals surface area contributed by atoms with E-state index in [1.54, 1.807) is 24.3 Å². The molecule has 1 aliphatic heterocycles. The topological polar surface area (TPSA) is 64.4 Å². The van der Waals surface area contributed by atoms with Crippen molar-refractivity contribution in [1.29, 1.82) is 5.26 Å². The zero-order valence-electron chi connectivity index (χ0n) is 10.8. The highest BCUT2D eigenvalue weighted by Crippen LogP contribution is 2.21. The highest BCUT2D eigenvalue weighted by atomic mass is 16.2. The molecule has 5 nitrogen and oxygen atoms in total. The first-order valence-corrected chi connectivity index (χ1v) is 6.23. The highest BCUT2D eigenvalue weighted by Gasteiger charge is 2.34. The molecule has 0 aromatic heterocycles. The number of carbonyl (C=O) groups is 2. The van der Waals surface area contributed by atoms with Crippen LogP contribution in [0.3, 0.4) is 0 Å². The van der Waals surface area contributed by atoms with E-state index in [1.807, 2.05) is 11.8 Å². The van der Waals surface area contributed by atoms with Crippen molar-refractivity contribution in [2.75, 3.05) is 26.2 Å². The molecule has 2 amide bonds. The van der Waals surface area contributed by atoms with Crippen LogP contribution in [0.15, 0.2) is 24.3 Å². The number of rotatable bonds is 5. The molecule has 0 atom stereocenters. The second-order valence-electron chi connectivity index (χ2n) is 4.33. The van der Waals surface area contributed by atoms with Crippen LogP contribution in [0.5, 0.6) is 0 Å². The molecule has 0 radical (unpaired) electrons. The predicted octanol–water partition coefficient (Wildman–Crippen LogP) is 1.13. The third-order valence-corrected chi connectivity index (χ3v) is 3.26. The third kappa shape index (κ3) is 2.49. The van der Waals surface area contributed by atoms with Gasteiger partial charge in [-0.25, -0.2) is 0 Å². The lowest BCUT2D eigenvalue weighted by Crippen LogP contribution is -2.38. The fourth-order valence-corrected chi connectivity index (χ4v) is 2.13. The van der Waals surface area contributed by atoms with Gasteiger partial charge in [-0.1, -0.05) is 19.1 Å². The summed E-state index contributed by atoms with van der Waals surface area (Å²) in [5.74, 6) is -0.484. The standard InChI is InChI=1S/C14H15N3O2/c1-2-16(8-7-15)9-10-17-13(18)11-5-3-4-6-12(11)14(17)19/h3-6H,2,8-10H2,1H3. The SMILES string of the molecule is CCN(CC#N)CCN1C(=O)c2ccccc2C1=O. The molecular weight excluding hydrogens is 242 g/mol. The van der Waals surface area contributed by atoms with Crippen LogP contribution in [-0.2, 0) is 0 Å². The smallest absolute Gasteiger partial charge is 0.261 e. The van der Waals surface area contributed by atoms with E-state index in [0.29, 0.717) is 30.8 Å². The lowest BCUT2D eigenvalue weighted by atomic mass is 10.1. The molecule has 2 rings (SSSR count). The lowest BCUT2D eigenvalue weighted by Gasteiger charge is -2.20. The number of nitriles is 1. The van der Waals surface area contributed by atoms with Crippen LogP contribution in [0.25, 0.3) is 0 Å². The number of imide groups is 1. The largest absolute Gasteiger partial charge is 0.289 e. The van der Waals surface area contributed by atoms with Crippen LogP contribution >= 0.6 is 0 Å². The van der Waals surface area contributed by atoms with E-state index >= 15 is 0 Å². The maximum atomic E-state index is 12.1. The van der Waals surface area contributed by atoms with Crippen molar-refractivity contribution < 1.29 is 9.59 Å². The lowest BCUT2D eigenvalue weighted by molar-refractivity contribution is 0.0639. The van der Waals surface area contributed by atoms with Gasteiger partial charge in [-0.05, 0) is 18.7 Å². The molecule has 0 saturated carbocycles. The van der Waals surface area contributed by atoms with Crippen molar-refractivity contribution in [3.8, 4) is 6.07 Å². The quantitative estimate of drug-likeness (QED) is 0.586. The maximum absolute atomic E-state index is 12.1. The Morgan fingerprint density at radius 1 is 1.21 bits per heavy atom. The normalized spacial score (nSPS) is 13.8. The molecule has 1 aromatic rings. The van der Waals surface area contributed by atoms with Gasteiger partial charge in [-0.2, -0.15) is 5.26 Å². The van der Waals surface area contributed by atoms with E-state index in [1.165, 1.54) is 4.90 Å². The average molecular weight is 257 g/mol. The molecule has 0 unspecified atom stereocenters. The number of benzene rings is 1. The zero-order chi connectivity index (χ0) is 13.8. The fraction of sp³-hybridized carbons (Fsp3) is 0.357. The number of fused-ring (bicyclic) bond motifs is 1. The van der Waals surface area contributed by atoms with Gasteiger partial charge in [0.15, 0.2) is 0 Å². The first kappa shape index (κ1) is 13.2. The van der Waals surface area contributed by atoms with Gasteiger partial charge in [-0.15, -0.1) is 0 Å². The summed E-state index contributed by atoms with van der Waals surface area (Å²) in [5, 5.41) is 8.67. The minimum Gasteiger partial charge on any atom is -0.289 e. The van der Waals surface area contributed by atoms with Gasteiger partial charge in [0.05, 0.1) is 23.7 Å². The number of hydrogen-bond donors (Lipinski definition) is 0. The van der Waals surface area contributed by atoms with Crippen LogP contribution < -0.4 is 0 Å². The summed E-state index contributed by atoms with van der Waals surface area (Å²) in [5.41, 5.74) is 0.937. The molecule has 19 heavy (non-hydrogen) atoms. The Labute approximate surface area is 112 Å². The predicted molar refractivity (Wildman–Crippen MR) is 69.5 cm³/mol. The zero-order valence-corrected chi connectivity index (χ0v) is 10.8. The van der Waals surface area contributed by atoms with E-state index in [0.717, 1.165) is 6.54 Å². The Kier molecular flexibility index (Phi) is 3.93. The van der Waals surface area contributed by atoms with Crippen molar-refractivity contribution in [2.24, 2.45) is 0 Å². The molecule has 0 fully saturated rings. The van der Waals surface area contributed by atoms with Gasteiger partial charge in [-0.3, -0.25) is 19.4 Å². The van der Waals surface area contributed by atoms with Crippen LogP contribution in [0.2, 0.25) is 0 Å². The molecule has 1 aromatic carbocycles. The minimum atomic E-state index is -0.242. The summed E-state index contributed by atoms with van der Waals surface area (Å²) in [6.45, 7) is 3.81. The Balaban J connectivity index is 2.06. The molecule has 0 bridgehead atoms. The van der Waals surface area contributed by atoms with Crippen molar-refractivity contribution in [3.63, 3.8) is 0 Å². The van der Waals surface area contributed by atoms with Crippen LogP contribution in [-0.4, -0.2) is 47.8 Å². The fourth-order valence-electron chi connectivity index (χ4n) is 2.13. The molecule has 0 spiro atoms. The second kappa shape index (κ2) is 5.63. The van der Waals surface area contributed by atoms with E-state index < -0.39 is 0 Å². The third-order valence-electron chi connectivity index (χ3n) is 3.26. The van der Waals surface area contributed by atoms with Crippen molar-refractivity contribution >= 4 is 11.8 Å². The molecule has 1 aliphatic rings. The Bertz CT molecular complexity index is 513. The van der Waals surface area contributed by atoms with Crippen LogP contribution in [0.1, 0.15) is 27.6 Å². The van der Waals surface area contributed by atoms with E-state index in [9.17, 15) is 9.59 Å². The molecule has 0 aliphatic carbocycles. The molecule has 0 saturated heterocycles. The average Bonchev–Trinajstić information content (AvgIpc) is 2.68. The second-order valence-corrected chi connectivity index (χ2v) is 4.33. The molecule has 98 valence electrons.